The second-order valence-corrected chi connectivity index (χ2v) is 6.49. The lowest BCUT2D eigenvalue weighted by Crippen LogP contribution is -2.59. The van der Waals surface area contributed by atoms with E-state index in [1.54, 1.807) is 0 Å². The van der Waals surface area contributed by atoms with Crippen molar-refractivity contribution in [3.63, 3.8) is 0 Å². The van der Waals surface area contributed by atoms with Crippen LogP contribution in [0.4, 0.5) is 0 Å². The molecule has 4 heteroatoms. The van der Waals surface area contributed by atoms with E-state index >= 15 is 0 Å². The molecule has 0 aromatic heterocycles. The molecule has 0 spiro atoms. The van der Waals surface area contributed by atoms with Crippen LogP contribution >= 0.6 is 0 Å². The van der Waals surface area contributed by atoms with Gasteiger partial charge in [0, 0.05) is 24.2 Å². The Labute approximate surface area is 123 Å². The Bertz CT molecular complexity index is 288. The molecule has 0 aromatic carbocycles. The van der Waals surface area contributed by atoms with Gasteiger partial charge < -0.3 is 15.2 Å². The molecular formula is C16H32N2O2. The Morgan fingerprint density at radius 1 is 1.40 bits per heavy atom. The van der Waals surface area contributed by atoms with Gasteiger partial charge in [-0.15, -0.1) is 0 Å². The first kappa shape index (κ1) is 16.2. The topological polar surface area (TPSA) is 44.7 Å². The Morgan fingerprint density at radius 2 is 2.25 bits per heavy atom. The maximum absolute atomic E-state index is 9.90. The number of rotatable bonds is 6. The third-order valence-electron chi connectivity index (χ3n) is 5.09. The molecule has 0 aromatic rings. The van der Waals surface area contributed by atoms with Crippen molar-refractivity contribution in [1.82, 2.24) is 10.2 Å². The van der Waals surface area contributed by atoms with Crippen LogP contribution in [0.25, 0.3) is 0 Å². The van der Waals surface area contributed by atoms with Gasteiger partial charge in [0.25, 0.3) is 0 Å². The van der Waals surface area contributed by atoms with Crippen molar-refractivity contribution in [3.8, 4) is 0 Å². The molecular weight excluding hydrogens is 252 g/mol. The average Bonchev–Trinajstić information content (AvgIpc) is 2.53. The van der Waals surface area contributed by atoms with Gasteiger partial charge in [-0.1, -0.05) is 13.8 Å². The van der Waals surface area contributed by atoms with E-state index in [1.807, 2.05) is 0 Å². The fourth-order valence-corrected chi connectivity index (χ4v) is 3.87. The second-order valence-electron chi connectivity index (χ2n) is 6.49. The van der Waals surface area contributed by atoms with Crippen LogP contribution < -0.4 is 5.32 Å². The quantitative estimate of drug-likeness (QED) is 0.780. The molecule has 3 unspecified atom stereocenters. The van der Waals surface area contributed by atoms with Crippen molar-refractivity contribution < 1.29 is 9.84 Å². The number of aliphatic hydroxyl groups is 1. The molecule has 0 amide bonds. The van der Waals surface area contributed by atoms with Crippen LogP contribution in [0.3, 0.4) is 0 Å². The van der Waals surface area contributed by atoms with Gasteiger partial charge in [0.15, 0.2) is 0 Å². The maximum atomic E-state index is 9.90. The van der Waals surface area contributed by atoms with Crippen molar-refractivity contribution in [2.75, 3.05) is 32.9 Å². The highest BCUT2D eigenvalue weighted by atomic mass is 16.5. The monoisotopic (exact) mass is 284 g/mol. The lowest BCUT2D eigenvalue weighted by atomic mass is 9.78. The predicted molar refractivity (Wildman–Crippen MR) is 82.0 cm³/mol. The van der Waals surface area contributed by atoms with Gasteiger partial charge in [-0.05, 0) is 45.1 Å². The summed E-state index contributed by atoms with van der Waals surface area (Å²) in [5.74, 6) is 0. The molecule has 1 aliphatic heterocycles. The summed E-state index contributed by atoms with van der Waals surface area (Å²) in [4.78, 5) is 2.65. The summed E-state index contributed by atoms with van der Waals surface area (Å²) in [6.45, 7) is 8.51. The largest absolute Gasteiger partial charge is 0.394 e. The van der Waals surface area contributed by atoms with Crippen molar-refractivity contribution in [2.45, 2.75) is 70.0 Å². The molecule has 1 heterocycles. The highest BCUT2D eigenvalue weighted by Crippen LogP contribution is 2.33. The lowest BCUT2D eigenvalue weighted by molar-refractivity contribution is -0.0498. The van der Waals surface area contributed by atoms with Gasteiger partial charge in [-0.25, -0.2) is 0 Å². The summed E-state index contributed by atoms with van der Waals surface area (Å²) in [5.41, 5.74) is -0.0461. The fourth-order valence-electron chi connectivity index (χ4n) is 3.87. The van der Waals surface area contributed by atoms with Crippen LogP contribution in [0.1, 0.15) is 52.4 Å². The van der Waals surface area contributed by atoms with Gasteiger partial charge >= 0.3 is 0 Å². The van der Waals surface area contributed by atoms with Gasteiger partial charge in [0.2, 0.25) is 0 Å². The first-order valence-electron chi connectivity index (χ1n) is 8.44. The second kappa shape index (κ2) is 7.74. The normalized spacial score (nSPS) is 36.1. The summed E-state index contributed by atoms with van der Waals surface area (Å²) >= 11 is 0. The van der Waals surface area contributed by atoms with E-state index in [4.69, 9.17) is 4.74 Å². The van der Waals surface area contributed by atoms with Gasteiger partial charge in [-0.3, -0.25) is 4.90 Å². The third kappa shape index (κ3) is 3.73. The Morgan fingerprint density at radius 3 is 2.95 bits per heavy atom. The van der Waals surface area contributed by atoms with E-state index in [2.05, 4.69) is 24.1 Å². The average molecular weight is 284 g/mol. The van der Waals surface area contributed by atoms with E-state index in [1.165, 1.54) is 12.8 Å². The smallest absolute Gasteiger partial charge is 0.0622 e. The molecule has 2 rings (SSSR count). The molecule has 0 radical (unpaired) electrons. The van der Waals surface area contributed by atoms with Crippen LogP contribution in [0.15, 0.2) is 0 Å². The zero-order valence-electron chi connectivity index (χ0n) is 13.2. The van der Waals surface area contributed by atoms with Crippen LogP contribution in [-0.2, 0) is 4.74 Å². The number of aliphatic hydroxyl groups excluding tert-OH is 1. The summed E-state index contributed by atoms with van der Waals surface area (Å²) in [6, 6.07) is 1.17. The maximum Gasteiger partial charge on any atom is 0.0622 e. The zero-order chi connectivity index (χ0) is 14.4. The summed E-state index contributed by atoms with van der Waals surface area (Å²) in [5, 5.41) is 13.5. The molecule has 1 saturated heterocycles. The number of ether oxygens (including phenoxy) is 1. The molecule has 2 fully saturated rings. The van der Waals surface area contributed by atoms with Crippen LogP contribution in [-0.4, -0.2) is 60.5 Å². The number of morpholine rings is 1. The minimum Gasteiger partial charge on any atom is -0.394 e. The molecule has 118 valence electrons. The lowest BCUT2D eigenvalue weighted by Gasteiger charge is -2.48. The zero-order valence-corrected chi connectivity index (χ0v) is 13.2. The molecule has 3 atom stereocenters. The first-order chi connectivity index (χ1) is 9.74. The summed E-state index contributed by atoms with van der Waals surface area (Å²) in [6.07, 6.45) is 6.97. The number of hydrogen-bond acceptors (Lipinski definition) is 4. The SMILES string of the molecule is CCCNC1(CO)CCCC(N2CCOCC2CC)C1. The molecule has 0 bridgehead atoms. The standard InChI is InChI=1S/C16H32N2O2/c1-3-8-17-16(13-19)7-5-6-15(11-16)18-9-10-20-12-14(18)4-2/h14-15,17,19H,3-13H2,1-2H3. The van der Waals surface area contributed by atoms with E-state index in [0.29, 0.717) is 12.1 Å². The van der Waals surface area contributed by atoms with Gasteiger partial charge in [0.05, 0.1) is 19.8 Å². The van der Waals surface area contributed by atoms with Crippen molar-refractivity contribution in [2.24, 2.45) is 0 Å². The molecule has 4 nitrogen and oxygen atoms in total. The molecule has 2 aliphatic rings. The van der Waals surface area contributed by atoms with E-state index in [0.717, 1.165) is 52.0 Å². The van der Waals surface area contributed by atoms with E-state index in [-0.39, 0.29) is 12.1 Å². The number of nitrogens with one attached hydrogen (secondary N) is 1. The van der Waals surface area contributed by atoms with E-state index in [9.17, 15) is 5.11 Å². The number of hydrogen-bond donors (Lipinski definition) is 2. The van der Waals surface area contributed by atoms with Crippen LogP contribution in [0.5, 0.6) is 0 Å². The number of nitrogens with zero attached hydrogens (tertiary/aromatic N) is 1. The highest BCUT2D eigenvalue weighted by molar-refractivity contribution is 4.97. The van der Waals surface area contributed by atoms with E-state index < -0.39 is 0 Å². The minimum atomic E-state index is -0.0461. The highest BCUT2D eigenvalue weighted by Gasteiger charge is 2.39. The third-order valence-corrected chi connectivity index (χ3v) is 5.09. The van der Waals surface area contributed by atoms with Crippen molar-refractivity contribution >= 4 is 0 Å². The molecule has 20 heavy (non-hydrogen) atoms. The van der Waals surface area contributed by atoms with Gasteiger partial charge in [0.1, 0.15) is 0 Å². The molecule has 1 saturated carbocycles. The van der Waals surface area contributed by atoms with Crippen LogP contribution in [0, 0.1) is 0 Å². The van der Waals surface area contributed by atoms with Crippen LogP contribution in [0.2, 0.25) is 0 Å². The first-order valence-corrected chi connectivity index (χ1v) is 8.44. The van der Waals surface area contributed by atoms with Crippen molar-refractivity contribution in [1.29, 1.82) is 0 Å². The van der Waals surface area contributed by atoms with Gasteiger partial charge in [-0.2, -0.15) is 0 Å². The molecule has 1 aliphatic carbocycles. The Hall–Kier alpha value is -0.160. The summed E-state index contributed by atoms with van der Waals surface area (Å²) < 4.78 is 5.63. The predicted octanol–water partition coefficient (Wildman–Crippen LogP) is 1.77. The minimum absolute atomic E-state index is 0.0461. The molecule has 2 N–H and O–H groups in total. The fraction of sp³-hybridized carbons (Fsp3) is 1.00. The Balaban J connectivity index is 2.00. The summed E-state index contributed by atoms with van der Waals surface area (Å²) in [7, 11) is 0. The Kier molecular flexibility index (Phi) is 6.27. The van der Waals surface area contributed by atoms with Crippen molar-refractivity contribution in [3.05, 3.63) is 0 Å².